The summed E-state index contributed by atoms with van der Waals surface area (Å²) in [5.41, 5.74) is 3.63. The van der Waals surface area contributed by atoms with Crippen LogP contribution in [0.2, 0.25) is 0 Å². The molecule has 1 amide bonds. The second-order valence-electron chi connectivity index (χ2n) is 5.95. The fourth-order valence-electron chi connectivity index (χ4n) is 2.53. The summed E-state index contributed by atoms with van der Waals surface area (Å²) in [7, 11) is 0. The molecule has 132 valence electrons. The van der Waals surface area contributed by atoms with E-state index in [4.69, 9.17) is 0 Å². The molecule has 1 aromatic heterocycles. The van der Waals surface area contributed by atoms with E-state index in [1.807, 2.05) is 26.0 Å². The Morgan fingerprint density at radius 1 is 1.15 bits per heavy atom. The minimum absolute atomic E-state index is 0.0106. The van der Waals surface area contributed by atoms with Gasteiger partial charge >= 0.3 is 0 Å². The minimum atomic E-state index is -0.475. The molecule has 0 aliphatic carbocycles. The molecule has 6 nitrogen and oxygen atoms in total. The van der Waals surface area contributed by atoms with Crippen molar-refractivity contribution in [3.8, 4) is 0 Å². The molecule has 7 heteroatoms. The van der Waals surface area contributed by atoms with Crippen molar-refractivity contribution in [1.82, 2.24) is 4.98 Å². The quantitative estimate of drug-likeness (QED) is 0.408. The molecule has 1 heterocycles. The van der Waals surface area contributed by atoms with E-state index in [9.17, 15) is 14.9 Å². The first kappa shape index (κ1) is 17.9. The summed E-state index contributed by atoms with van der Waals surface area (Å²) in [6.45, 7) is 4.02. The number of thioether (sulfide) groups is 1. The van der Waals surface area contributed by atoms with Crippen molar-refractivity contribution in [3.63, 3.8) is 0 Å². The van der Waals surface area contributed by atoms with Gasteiger partial charge in [-0.1, -0.05) is 23.4 Å². The van der Waals surface area contributed by atoms with Gasteiger partial charge < -0.3 is 5.32 Å². The normalized spacial score (nSPS) is 10.7. The van der Waals surface area contributed by atoms with Crippen molar-refractivity contribution in [2.45, 2.75) is 18.9 Å². The SMILES string of the molecule is Cc1ccc2nc(SCC(=O)Nc3ccc([N+](=O)[O-])cc3)c(C)cc2c1. The highest BCUT2D eigenvalue weighted by molar-refractivity contribution is 8.00. The number of carbonyl (C=O) groups is 1. The van der Waals surface area contributed by atoms with E-state index in [1.54, 1.807) is 0 Å². The maximum absolute atomic E-state index is 12.1. The maximum atomic E-state index is 12.1. The van der Waals surface area contributed by atoms with Crippen LogP contribution in [0.15, 0.2) is 53.6 Å². The van der Waals surface area contributed by atoms with Gasteiger partial charge in [-0.15, -0.1) is 0 Å². The monoisotopic (exact) mass is 367 g/mol. The fraction of sp³-hybridized carbons (Fsp3) is 0.158. The van der Waals surface area contributed by atoms with Crippen LogP contribution in [0.5, 0.6) is 0 Å². The second kappa shape index (κ2) is 7.53. The first-order valence-electron chi connectivity index (χ1n) is 7.97. The lowest BCUT2D eigenvalue weighted by molar-refractivity contribution is -0.384. The molecule has 0 aliphatic rings. The van der Waals surface area contributed by atoms with Crippen LogP contribution >= 0.6 is 11.8 Å². The van der Waals surface area contributed by atoms with Crippen LogP contribution in [-0.4, -0.2) is 21.6 Å². The smallest absolute Gasteiger partial charge is 0.269 e. The Morgan fingerprint density at radius 3 is 2.58 bits per heavy atom. The number of nitro benzene ring substituents is 1. The molecule has 0 spiro atoms. The molecule has 3 rings (SSSR count). The number of hydrogen-bond donors (Lipinski definition) is 1. The molecular weight excluding hydrogens is 350 g/mol. The molecule has 0 saturated heterocycles. The topological polar surface area (TPSA) is 85.1 Å². The predicted molar refractivity (Wildman–Crippen MR) is 104 cm³/mol. The summed E-state index contributed by atoms with van der Waals surface area (Å²) in [6, 6.07) is 13.9. The van der Waals surface area contributed by atoms with Crippen LogP contribution in [0, 0.1) is 24.0 Å². The molecule has 0 atom stereocenters. The maximum Gasteiger partial charge on any atom is 0.269 e. The number of benzene rings is 2. The Bertz CT molecular complexity index is 987. The van der Waals surface area contributed by atoms with Gasteiger partial charge in [0.05, 0.1) is 16.2 Å². The molecule has 0 radical (unpaired) electrons. The van der Waals surface area contributed by atoms with Gasteiger partial charge in [-0.2, -0.15) is 0 Å². The van der Waals surface area contributed by atoms with Crippen LogP contribution < -0.4 is 5.32 Å². The molecular formula is C19H17N3O3S. The Kier molecular flexibility index (Phi) is 5.18. The molecule has 0 unspecified atom stereocenters. The van der Waals surface area contributed by atoms with Crippen LogP contribution in [0.4, 0.5) is 11.4 Å². The summed E-state index contributed by atoms with van der Waals surface area (Å²) in [5, 5.41) is 15.3. The summed E-state index contributed by atoms with van der Waals surface area (Å²) < 4.78 is 0. The van der Waals surface area contributed by atoms with Crippen molar-refractivity contribution in [3.05, 3.63) is 69.8 Å². The molecule has 26 heavy (non-hydrogen) atoms. The highest BCUT2D eigenvalue weighted by Crippen LogP contribution is 2.25. The zero-order valence-corrected chi connectivity index (χ0v) is 15.2. The zero-order valence-electron chi connectivity index (χ0n) is 14.4. The van der Waals surface area contributed by atoms with Crippen molar-refractivity contribution in [2.24, 2.45) is 0 Å². The standard InChI is InChI=1S/C19H17N3O3S/c1-12-3-8-17-14(9-12)10-13(2)19(21-17)26-11-18(23)20-15-4-6-16(7-5-15)22(24)25/h3-10H,11H2,1-2H3,(H,20,23). The lowest BCUT2D eigenvalue weighted by atomic mass is 10.1. The van der Waals surface area contributed by atoms with Gasteiger partial charge in [0.2, 0.25) is 5.91 Å². The summed E-state index contributed by atoms with van der Waals surface area (Å²) in [6.07, 6.45) is 0. The van der Waals surface area contributed by atoms with E-state index in [0.29, 0.717) is 5.69 Å². The van der Waals surface area contributed by atoms with E-state index in [-0.39, 0.29) is 17.3 Å². The number of amides is 1. The third-order valence-electron chi connectivity index (χ3n) is 3.82. The highest BCUT2D eigenvalue weighted by Gasteiger charge is 2.10. The van der Waals surface area contributed by atoms with Crippen molar-refractivity contribution < 1.29 is 9.72 Å². The molecule has 0 fully saturated rings. The molecule has 1 N–H and O–H groups in total. The number of aromatic nitrogens is 1. The number of fused-ring (bicyclic) bond motifs is 1. The van der Waals surface area contributed by atoms with E-state index in [0.717, 1.165) is 21.5 Å². The zero-order chi connectivity index (χ0) is 18.7. The first-order valence-corrected chi connectivity index (χ1v) is 8.96. The number of pyridine rings is 1. The summed E-state index contributed by atoms with van der Waals surface area (Å²) in [4.78, 5) is 26.9. The van der Waals surface area contributed by atoms with Crippen LogP contribution in [0.25, 0.3) is 10.9 Å². The van der Waals surface area contributed by atoms with Gasteiger partial charge in [0, 0.05) is 23.2 Å². The average Bonchev–Trinajstić information content (AvgIpc) is 2.60. The summed E-state index contributed by atoms with van der Waals surface area (Å²) >= 11 is 1.37. The van der Waals surface area contributed by atoms with Crippen LogP contribution in [-0.2, 0) is 4.79 Å². The van der Waals surface area contributed by atoms with E-state index in [2.05, 4.69) is 22.4 Å². The van der Waals surface area contributed by atoms with E-state index in [1.165, 1.54) is 41.6 Å². The first-order chi connectivity index (χ1) is 12.4. The number of nitrogens with zero attached hydrogens (tertiary/aromatic N) is 2. The number of rotatable bonds is 5. The van der Waals surface area contributed by atoms with E-state index < -0.39 is 4.92 Å². The van der Waals surface area contributed by atoms with Gasteiger partial charge in [-0.05, 0) is 49.7 Å². The predicted octanol–water partition coefficient (Wildman–Crippen LogP) is 4.49. The molecule has 0 saturated carbocycles. The molecule has 2 aromatic carbocycles. The van der Waals surface area contributed by atoms with E-state index >= 15 is 0 Å². The van der Waals surface area contributed by atoms with Crippen molar-refractivity contribution >= 4 is 39.9 Å². The number of nitro groups is 1. The average molecular weight is 367 g/mol. The largest absolute Gasteiger partial charge is 0.325 e. The number of nitrogens with one attached hydrogen (secondary N) is 1. The Morgan fingerprint density at radius 2 is 1.88 bits per heavy atom. The van der Waals surface area contributed by atoms with Gasteiger partial charge in [0.1, 0.15) is 5.03 Å². The molecule has 3 aromatic rings. The Labute approximate surface area is 154 Å². The Hall–Kier alpha value is -2.93. The number of non-ortho nitro benzene ring substituents is 1. The van der Waals surface area contributed by atoms with Crippen molar-refractivity contribution in [1.29, 1.82) is 0 Å². The number of carbonyl (C=O) groups excluding carboxylic acids is 1. The van der Waals surface area contributed by atoms with Crippen LogP contribution in [0.3, 0.4) is 0 Å². The third-order valence-corrected chi connectivity index (χ3v) is 4.91. The summed E-state index contributed by atoms with van der Waals surface area (Å²) in [5.74, 6) is 0.0245. The van der Waals surface area contributed by atoms with Gasteiger partial charge in [0.15, 0.2) is 0 Å². The fourth-order valence-corrected chi connectivity index (χ4v) is 3.32. The number of anilines is 1. The minimum Gasteiger partial charge on any atom is -0.325 e. The van der Waals surface area contributed by atoms with Crippen molar-refractivity contribution in [2.75, 3.05) is 11.1 Å². The highest BCUT2D eigenvalue weighted by atomic mass is 32.2. The molecule has 0 aliphatic heterocycles. The lowest BCUT2D eigenvalue weighted by Gasteiger charge is -2.08. The van der Waals surface area contributed by atoms with Gasteiger partial charge in [-0.25, -0.2) is 4.98 Å². The molecule has 0 bridgehead atoms. The second-order valence-corrected chi connectivity index (χ2v) is 6.91. The lowest BCUT2D eigenvalue weighted by Crippen LogP contribution is -2.14. The van der Waals surface area contributed by atoms with Crippen LogP contribution in [0.1, 0.15) is 11.1 Å². The number of aryl methyl sites for hydroxylation is 2. The van der Waals surface area contributed by atoms with Gasteiger partial charge in [0.25, 0.3) is 5.69 Å². The Balaban J connectivity index is 1.65. The van der Waals surface area contributed by atoms with Gasteiger partial charge in [-0.3, -0.25) is 14.9 Å². The number of hydrogen-bond acceptors (Lipinski definition) is 5. The third kappa shape index (κ3) is 4.18.